The smallest absolute Gasteiger partial charge is 0.180 e. The first-order valence-electron chi connectivity index (χ1n) is 8.19. The van der Waals surface area contributed by atoms with Crippen LogP contribution in [0.3, 0.4) is 0 Å². The Kier molecular flexibility index (Phi) is 4.35. The van der Waals surface area contributed by atoms with Crippen LogP contribution in [0.1, 0.15) is 0 Å². The average Bonchev–Trinajstić information content (AvgIpc) is 2.69. The maximum Gasteiger partial charge on any atom is 0.180 e. The maximum absolute atomic E-state index is 14.3. The second-order valence-electron chi connectivity index (χ2n) is 5.73. The third-order valence-corrected chi connectivity index (χ3v) is 4.09. The van der Waals surface area contributed by atoms with Crippen LogP contribution in [-0.4, -0.2) is 41.3 Å². The van der Waals surface area contributed by atoms with Gasteiger partial charge in [-0.05, 0) is 24.3 Å². The summed E-state index contributed by atoms with van der Waals surface area (Å²) in [7, 11) is 0. The zero-order valence-electron chi connectivity index (χ0n) is 13.6. The van der Waals surface area contributed by atoms with Crippen LogP contribution in [0.5, 0.6) is 0 Å². The largest absolute Gasteiger partial charge is 0.378 e. The normalized spacial score (nSPS) is 14.5. The number of benzene rings is 1. The number of hydrogen-bond acceptors (Lipinski definition) is 5. The molecule has 0 spiro atoms. The quantitative estimate of drug-likeness (QED) is 0.735. The van der Waals surface area contributed by atoms with Crippen LogP contribution >= 0.6 is 0 Å². The molecule has 4 rings (SSSR count). The SMILES string of the molecule is Fc1ccccc1-c1cc(N2CCOCC2)nc(-c2ccccn2)n1. The van der Waals surface area contributed by atoms with Gasteiger partial charge >= 0.3 is 0 Å². The Labute approximate surface area is 145 Å². The first kappa shape index (κ1) is 15.7. The highest BCUT2D eigenvalue weighted by Crippen LogP contribution is 2.27. The number of hydrogen-bond donors (Lipinski definition) is 0. The van der Waals surface area contributed by atoms with Crippen molar-refractivity contribution in [1.82, 2.24) is 15.0 Å². The lowest BCUT2D eigenvalue weighted by atomic mass is 10.1. The van der Waals surface area contributed by atoms with Gasteiger partial charge in [0.15, 0.2) is 5.82 Å². The van der Waals surface area contributed by atoms with Crippen molar-refractivity contribution in [1.29, 1.82) is 0 Å². The number of rotatable bonds is 3. The molecule has 1 aliphatic heterocycles. The summed E-state index contributed by atoms with van der Waals surface area (Å²) >= 11 is 0. The van der Waals surface area contributed by atoms with Gasteiger partial charge in [-0.3, -0.25) is 4.98 Å². The van der Waals surface area contributed by atoms with Gasteiger partial charge < -0.3 is 9.64 Å². The van der Waals surface area contributed by atoms with Gasteiger partial charge in [0.2, 0.25) is 0 Å². The molecule has 1 saturated heterocycles. The van der Waals surface area contributed by atoms with E-state index < -0.39 is 0 Å². The number of ether oxygens (including phenoxy) is 1. The Morgan fingerprint density at radius 2 is 1.72 bits per heavy atom. The molecule has 0 bridgehead atoms. The average molecular weight is 336 g/mol. The lowest BCUT2D eigenvalue weighted by molar-refractivity contribution is 0.122. The molecule has 0 unspecified atom stereocenters. The Morgan fingerprint density at radius 1 is 0.920 bits per heavy atom. The molecule has 0 amide bonds. The number of pyridine rings is 1. The summed E-state index contributed by atoms with van der Waals surface area (Å²) in [5.41, 5.74) is 1.67. The van der Waals surface area contributed by atoms with E-state index in [2.05, 4.69) is 19.9 Å². The molecule has 3 heterocycles. The van der Waals surface area contributed by atoms with Crippen molar-refractivity contribution in [2.24, 2.45) is 0 Å². The molecule has 2 aromatic heterocycles. The van der Waals surface area contributed by atoms with Gasteiger partial charge in [-0.15, -0.1) is 0 Å². The van der Waals surface area contributed by atoms with E-state index in [9.17, 15) is 4.39 Å². The molecular weight excluding hydrogens is 319 g/mol. The standard InChI is InChI=1S/C19H17FN4O/c20-15-6-2-1-5-14(15)17-13-18(24-9-11-25-12-10-24)23-19(22-17)16-7-3-4-8-21-16/h1-8,13H,9-12H2. The predicted octanol–water partition coefficient (Wildman–Crippen LogP) is 3.18. The third-order valence-electron chi connectivity index (χ3n) is 4.09. The van der Waals surface area contributed by atoms with Crippen LogP contribution in [0.4, 0.5) is 10.2 Å². The number of halogens is 1. The van der Waals surface area contributed by atoms with E-state index in [1.54, 1.807) is 24.4 Å². The van der Waals surface area contributed by atoms with Gasteiger partial charge in [-0.25, -0.2) is 14.4 Å². The minimum atomic E-state index is -0.305. The van der Waals surface area contributed by atoms with Gasteiger partial charge in [0.1, 0.15) is 17.3 Å². The van der Waals surface area contributed by atoms with Crippen molar-refractivity contribution < 1.29 is 9.13 Å². The Hall–Kier alpha value is -2.86. The molecule has 25 heavy (non-hydrogen) atoms. The zero-order chi connectivity index (χ0) is 17.1. The molecule has 0 N–H and O–H groups in total. The monoisotopic (exact) mass is 336 g/mol. The van der Waals surface area contributed by atoms with Crippen LogP contribution in [0.15, 0.2) is 54.7 Å². The van der Waals surface area contributed by atoms with Gasteiger partial charge in [-0.1, -0.05) is 18.2 Å². The highest BCUT2D eigenvalue weighted by molar-refractivity contribution is 5.67. The molecular formula is C19H17FN4O. The van der Waals surface area contributed by atoms with Crippen molar-refractivity contribution in [2.45, 2.75) is 0 Å². The summed E-state index contributed by atoms with van der Waals surface area (Å²) in [6.45, 7) is 2.79. The Balaban J connectivity index is 1.84. The molecule has 1 aromatic carbocycles. The van der Waals surface area contributed by atoms with E-state index in [0.29, 0.717) is 36.0 Å². The van der Waals surface area contributed by atoms with Gasteiger partial charge in [0, 0.05) is 30.9 Å². The van der Waals surface area contributed by atoms with Crippen molar-refractivity contribution in [3.8, 4) is 22.8 Å². The number of aromatic nitrogens is 3. The lowest BCUT2D eigenvalue weighted by Gasteiger charge is -2.28. The fourth-order valence-corrected chi connectivity index (χ4v) is 2.81. The molecule has 0 radical (unpaired) electrons. The summed E-state index contributed by atoms with van der Waals surface area (Å²) in [5, 5.41) is 0. The van der Waals surface area contributed by atoms with E-state index in [0.717, 1.165) is 18.9 Å². The van der Waals surface area contributed by atoms with Crippen molar-refractivity contribution in [2.75, 3.05) is 31.2 Å². The minimum Gasteiger partial charge on any atom is -0.378 e. The first-order chi connectivity index (χ1) is 12.3. The van der Waals surface area contributed by atoms with Crippen molar-refractivity contribution in [3.05, 3.63) is 60.5 Å². The molecule has 3 aromatic rings. The number of nitrogens with zero attached hydrogens (tertiary/aromatic N) is 4. The predicted molar refractivity (Wildman–Crippen MR) is 93.7 cm³/mol. The second-order valence-corrected chi connectivity index (χ2v) is 5.73. The maximum atomic E-state index is 14.3. The van der Waals surface area contributed by atoms with E-state index >= 15 is 0 Å². The highest BCUT2D eigenvalue weighted by Gasteiger charge is 2.17. The fraction of sp³-hybridized carbons (Fsp3) is 0.211. The molecule has 0 aliphatic carbocycles. The first-order valence-corrected chi connectivity index (χ1v) is 8.19. The minimum absolute atomic E-state index is 0.305. The van der Waals surface area contributed by atoms with E-state index in [1.165, 1.54) is 6.07 Å². The molecule has 126 valence electrons. The van der Waals surface area contributed by atoms with Crippen LogP contribution < -0.4 is 4.90 Å². The summed E-state index contributed by atoms with van der Waals surface area (Å²) in [6, 6.07) is 14.0. The molecule has 1 fully saturated rings. The van der Waals surface area contributed by atoms with Gasteiger partial charge in [0.25, 0.3) is 0 Å². The highest BCUT2D eigenvalue weighted by atomic mass is 19.1. The number of morpholine rings is 1. The van der Waals surface area contributed by atoms with E-state index in [-0.39, 0.29) is 5.82 Å². The van der Waals surface area contributed by atoms with Crippen LogP contribution in [0.25, 0.3) is 22.8 Å². The number of anilines is 1. The summed E-state index contributed by atoms with van der Waals surface area (Å²) in [4.78, 5) is 15.7. The van der Waals surface area contributed by atoms with E-state index in [1.807, 2.05) is 24.3 Å². The Bertz CT molecular complexity index is 866. The topological polar surface area (TPSA) is 51.1 Å². The van der Waals surface area contributed by atoms with Gasteiger partial charge in [-0.2, -0.15) is 0 Å². The third kappa shape index (κ3) is 3.34. The molecule has 6 heteroatoms. The lowest BCUT2D eigenvalue weighted by Crippen LogP contribution is -2.36. The molecule has 1 aliphatic rings. The van der Waals surface area contributed by atoms with Gasteiger partial charge in [0.05, 0.1) is 18.9 Å². The molecule has 0 saturated carbocycles. The second kappa shape index (κ2) is 6.94. The zero-order valence-corrected chi connectivity index (χ0v) is 13.6. The fourth-order valence-electron chi connectivity index (χ4n) is 2.81. The summed E-state index contributed by atoms with van der Waals surface area (Å²) in [6.07, 6.45) is 1.70. The van der Waals surface area contributed by atoms with Crippen molar-refractivity contribution in [3.63, 3.8) is 0 Å². The van der Waals surface area contributed by atoms with Crippen LogP contribution in [-0.2, 0) is 4.74 Å². The Morgan fingerprint density at radius 3 is 2.48 bits per heavy atom. The van der Waals surface area contributed by atoms with Crippen LogP contribution in [0.2, 0.25) is 0 Å². The molecule has 0 atom stereocenters. The van der Waals surface area contributed by atoms with E-state index in [4.69, 9.17) is 4.74 Å². The summed E-state index contributed by atoms with van der Waals surface area (Å²) < 4.78 is 19.7. The van der Waals surface area contributed by atoms with Crippen molar-refractivity contribution >= 4 is 5.82 Å². The van der Waals surface area contributed by atoms with Crippen LogP contribution in [0, 0.1) is 5.82 Å². The molecule has 5 nitrogen and oxygen atoms in total. The summed E-state index contributed by atoms with van der Waals surface area (Å²) in [5.74, 6) is 0.946.